The molecule has 0 atom stereocenters. The highest BCUT2D eigenvalue weighted by Crippen LogP contribution is 2.28. The molecule has 4 rings (SSSR count). The number of para-hydroxylation sites is 1. The molecule has 0 spiro atoms. The number of aromatic hydroxyl groups is 1. The highest BCUT2D eigenvalue weighted by molar-refractivity contribution is 5.86. The van der Waals surface area contributed by atoms with Crippen LogP contribution in [0.15, 0.2) is 71.8 Å². The zero-order valence-electron chi connectivity index (χ0n) is 19.6. The van der Waals surface area contributed by atoms with E-state index in [1.807, 2.05) is 0 Å². The Kier molecular flexibility index (Phi) is 7.47. The van der Waals surface area contributed by atoms with E-state index in [0.717, 1.165) is 0 Å². The van der Waals surface area contributed by atoms with Crippen molar-refractivity contribution in [2.45, 2.75) is 0 Å². The van der Waals surface area contributed by atoms with Gasteiger partial charge in [-0.15, -0.1) is 0 Å². The Labute approximate surface area is 214 Å². The van der Waals surface area contributed by atoms with Gasteiger partial charge in [-0.05, 0) is 42.5 Å². The van der Waals surface area contributed by atoms with Crippen LogP contribution in [0.5, 0.6) is 11.5 Å². The first-order valence-electron chi connectivity index (χ1n) is 10.8. The first-order chi connectivity index (χ1) is 18.3. The second-order valence-electron chi connectivity index (χ2n) is 7.43. The standard InChI is InChI=1S/C23H19N9O6/c1-38-18-11-7-16(8-12-18)26-22-27-21(25-15-5-9-17(10-6-15)31(34)35)28-23(29-22)30-24-13-14-3-2-4-19(20(14)33)32(36)37/h2-13,33H,1H3,(H3,25,26,27,28,29,30)/b24-13-. The zero-order valence-corrected chi connectivity index (χ0v) is 19.6. The van der Waals surface area contributed by atoms with Gasteiger partial charge in [0.15, 0.2) is 0 Å². The highest BCUT2D eigenvalue weighted by atomic mass is 16.6. The molecule has 3 aromatic carbocycles. The largest absolute Gasteiger partial charge is 0.502 e. The molecule has 15 heteroatoms. The highest BCUT2D eigenvalue weighted by Gasteiger charge is 2.15. The lowest BCUT2D eigenvalue weighted by Gasteiger charge is -2.10. The molecule has 4 N–H and O–H groups in total. The van der Waals surface area contributed by atoms with E-state index in [9.17, 15) is 25.3 Å². The molecule has 0 amide bonds. The minimum absolute atomic E-state index is 0.0124. The number of aromatic nitrogens is 3. The van der Waals surface area contributed by atoms with E-state index in [1.54, 1.807) is 31.4 Å². The van der Waals surface area contributed by atoms with Gasteiger partial charge in [0.1, 0.15) is 5.75 Å². The van der Waals surface area contributed by atoms with E-state index in [0.29, 0.717) is 17.1 Å². The summed E-state index contributed by atoms with van der Waals surface area (Å²) in [4.78, 5) is 33.5. The average molecular weight is 517 g/mol. The molecular formula is C23H19N9O6. The van der Waals surface area contributed by atoms with Crippen LogP contribution in [-0.2, 0) is 0 Å². The van der Waals surface area contributed by atoms with Crippen LogP contribution in [0.25, 0.3) is 0 Å². The molecular weight excluding hydrogens is 498 g/mol. The van der Waals surface area contributed by atoms with Gasteiger partial charge in [-0.2, -0.15) is 20.1 Å². The van der Waals surface area contributed by atoms with Crippen LogP contribution >= 0.6 is 0 Å². The van der Waals surface area contributed by atoms with Crippen LogP contribution in [0.4, 0.5) is 40.6 Å². The maximum absolute atomic E-state index is 11.0. The van der Waals surface area contributed by atoms with Crippen LogP contribution in [0.2, 0.25) is 0 Å². The number of benzene rings is 3. The number of hydrogen-bond acceptors (Lipinski definition) is 13. The van der Waals surface area contributed by atoms with Crippen molar-refractivity contribution in [3.8, 4) is 11.5 Å². The third-order valence-electron chi connectivity index (χ3n) is 4.93. The van der Waals surface area contributed by atoms with Crippen molar-refractivity contribution in [1.82, 2.24) is 15.0 Å². The summed E-state index contributed by atoms with van der Waals surface area (Å²) >= 11 is 0. The van der Waals surface area contributed by atoms with E-state index in [-0.39, 0.29) is 29.1 Å². The number of nitro groups is 2. The summed E-state index contributed by atoms with van der Waals surface area (Å²) in [6.45, 7) is 0. The number of non-ortho nitro benzene ring substituents is 1. The van der Waals surface area contributed by atoms with Crippen molar-refractivity contribution >= 4 is 46.8 Å². The molecule has 0 saturated carbocycles. The smallest absolute Gasteiger partial charge is 0.311 e. The van der Waals surface area contributed by atoms with Gasteiger partial charge in [0.2, 0.25) is 23.6 Å². The van der Waals surface area contributed by atoms with Gasteiger partial charge in [0.25, 0.3) is 5.69 Å². The summed E-state index contributed by atoms with van der Waals surface area (Å²) in [5, 5.41) is 42.0. The Balaban J connectivity index is 1.60. The Morgan fingerprint density at radius 2 is 1.42 bits per heavy atom. The van der Waals surface area contributed by atoms with Crippen molar-refractivity contribution in [3.63, 3.8) is 0 Å². The summed E-state index contributed by atoms with van der Waals surface area (Å²) in [6.07, 6.45) is 1.17. The fourth-order valence-electron chi connectivity index (χ4n) is 3.10. The predicted octanol–water partition coefficient (Wildman–Crippen LogP) is 4.34. The summed E-state index contributed by atoms with van der Waals surface area (Å²) in [6, 6.07) is 16.7. The van der Waals surface area contributed by atoms with Gasteiger partial charge in [-0.25, -0.2) is 5.43 Å². The lowest BCUT2D eigenvalue weighted by Crippen LogP contribution is -2.07. The molecule has 0 aliphatic heterocycles. The third kappa shape index (κ3) is 6.22. The Morgan fingerprint density at radius 1 is 0.842 bits per heavy atom. The molecule has 0 saturated heterocycles. The number of hydrazone groups is 1. The van der Waals surface area contributed by atoms with Crippen molar-refractivity contribution in [1.29, 1.82) is 0 Å². The molecule has 0 aliphatic carbocycles. The van der Waals surface area contributed by atoms with E-state index in [4.69, 9.17) is 4.74 Å². The quantitative estimate of drug-likeness (QED) is 0.132. The first kappa shape index (κ1) is 25.2. The van der Waals surface area contributed by atoms with Gasteiger partial charge in [-0.3, -0.25) is 20.2 Å². The monoisotopic (exact) mass is 517 g/mol. The maximum Gasteiger partial charge on any atom is 0.311 e. The average Bonchev–Trinajstić information content (AvgIpc) is 2.90. The molecule has 38 heavy (non-hydrogen) atoms. The predicted molar refractivity (Wildman–Crippen MR) is 138 cm³/mol. The minimum Gasteiger partial charge on any atom is -0.502 e. The van der Waals surface area contributed by atoms with Crippen molar-refractivity contribution in [2.75, 3.05) is 23.2 Å². The van der Waals surface area contributed by atoms with E-state index in [1.165, 1.54) is 48.7 Å². The van der Waals surface area contributed by atoms with Crippen LogP contribution in [0.3, 0.4) is 0 Å². The first-order valence-corrected chi connectivity index (χ1v) is 10.8. The number of ether oxygens (including phenoxy) is 1. The van der Waals surface area contributed by atoms with Gasteiger partial charge in [0.05, 0.1) is 23.2 Å². The molecule has 1 aromatic heterocycles. The van der Waals surface area contributed by atoms with E-state index < -0.39 is 21.3 Å². The minimum atomic E-state index is -0.709. The second kappa shape index (κ2) is 11.3. The van der Waals surface area contributed by atoms with E-state index >= 15 is 0 Å². The van der Waals surface area contributed by atoms with Gasteiger partial charge >= 0.3 is 5.69 Å². The number of nitro benzene ring substituents is 2. The van der Waals surface area contributed by atoms with Gasteiger partial charge in [-0.1, -0.05) is 6.07 Å². The molecule has 15 nitrogen and oxygen atoms in total. The number of nitrogens with zero attached hydrogens (tertiary/aromatic N) is 6. The molecule has 0 bridgehead atoms. The number of phenols is 1. The number of nitrogens with one attached hydrogen (secondary N) is 3. The molecule has 0 fully saturated rings. The molecule has 0 radical (unpaired) electrons. The summed E-state index contributed by atoms with van der Waals surface area (Å²) in [7, 11) is 1.55. The number of phenolic OH excluding ortho intramolecular Hbond substituents is 1. The summed E-state index contributed by atoms with van der Waals surface area (Å²) in [5.74, 6) is 0.321. The van der Waals surface area contributed by atoms with Crippen LogP contribution in [-0.4, -0.2) is 43.2 Å². The number of methoxy groups -OCH3 is 1. The molecule has 192 valence electrons. The fraction of sp³-hybridized carbons (Fsp3) is 0.0435. The Morgan fingerprint density at radius 3 is 1.97 bits per heavy atom. The van der Waals surface area contributed by atoms with Gasteiger partial charge < -0.3 is 20.5 Å². The van der Waals surface area contributed by atoms with Crippen LogP contribution < -0.4 is 20.8 Å². The molecule has 0 unspecified atom stereocenters. The fourth-order valence-corrected chi connectivity index (χ4v) is 3.10. The summed E-state index contributed by atoms with van der Waals surface area (Å²) < 4.78 is 5.15. The number of anilines is 5. The normalized spacial score (nSPS) is 10.7. The summed E-state index contributed by atoms with van der Waals surface area (Å²) in [5.41, 5.74) is 3.29. The Hall–Kier alpha value is -5.86. The van der Waals surface area contributed by atoms with E-state index in [2.05, 4.69) is 36.1 Å². The van der Waals surface area contributed by atoms with Crippen LogP contribution in [0, 0.1) is 20.2 Å². The number of rotatable bonds is 10. The molecule has 0 aliphatic rings. The second-order valence-corrected chi connectivity index (χ2v) is 7.43. The third-order valence-corrected chi connectivity index (χ3v) is 4.93. The van der Waals surface area contributed by atoms with Crippen molar-refractivity contribution in [3.05, 3.63) is 92.5 Å². The number of hydrogen-bond donors (Lipinski definition) is 4. The topological polar surface area (TPSA) is 203 Å². The van der Waals surface area contributed by atoms with Crippen molar-refractivity contribution < 1.29 is 19.7 Å². The Bertz CT molecular complexity index is 1490. The maximum atomic E-state index is 11.0. The SMILES string of the molecule is COc1ccc(Nc2nc(N/N=C\c3cccc([N+](=O)[O-])c3O)nc(Nc3ccc([N+](=O)[O-])cc3)n2)cc1. The zero-order chi connectivity index (χ0) is 27.1. The molecule has 4 aromatic rings. The molecule has 1 heterocycles. The lowest BCUT2D eigenvalue weighted by molar-refractivity contribution is -0.385. The van der Waals surface area contributed by atoms with Crippen molar-refractivity contribution in [2.24, 2.45) is 5.10 Å². The van der Waals surface area contributed by atoms with Gasteiger partial charge in [0, 0.05) is 35.1 Å². The lowest BCUT2D eigenvalue weighted by atomic mass is 10.2. The van der Waals surface area contributed by atoms with Crippen LogP contribution in [0.1, 0.15) is 5.56 Å².